The van der Waals surface area contributed by atoms with Gasteiger partial charge in [0.2, 0.25) is 5.65 Å². The van der Waals surface area contributed by atoms with Crippen molar-refractivity contribution in [1.82, 2.24) is 25.1 Å². The molecule has 5 rings (SSSR count). The van der Waals surface area contributed by atoms with Crippen LogP contribution >= 0.6 is 0 Å². The Labute approximate surface area is 155 Å². The molecule has 0 unspecified atom stereocenters. The van der Waals surface area contributed by atoms with Gasteiger partial charge in [0.05, 0.1) is 6.10 Å². The molecule has 0 spiro atoms. The molecule has 0 saturated carbocycles. The van der Waals surface area contributed by atoms with E-state index in [0.717, 1.165) is 54.1 Å². The van der Waals surface area contributed by atoms with Crippen LogP contribution in [0.25, 0.3) is 21.9 Å². The summed E-state index contributed by atoms with van der Waals surface area (Å²) in [5, 5.41) is 16.0. The highest BCUT2D eigenvalue weighted by Gasteiger charge is 2.15. The van der Waals surface area contributed by atoms with Gasteiger partial charge in [0.15, 0.2) is 11.3 Å². The summed E-state index contributed by atoms with van der Waals surface area (Å²) in [5.41, 5.74) is 2.24. The number of nitrogens with zero attached hydrogens (tertiary/aromatic N) is 4. The van der Waals surface area contributed by atoms with Gasteiger partial charge in [-0.3, -0.25) is 5.10 Å². The number of H-pyrrole nitrogens is 1. The normalized spacial score (nSPS) is 16.8. The molecule has 3 aromatic heterocycles. The first-order valence-electron chi connectivity index (χ1n) is 9.03. The SMILES string of the molecule is c1cc2cc(Nc3[nH]nc4nccnc34)ccc2c(NC[C@@H]2CCCO2)n1. The number of pyridine rings is 1. The molecule has 8 heteroatoms. The molecule has 1 atom stereocenters. The van der Waals surface area contributed by atoms with Crippen LogP contribution in [0.15, 0.2) is 42.9 Å². The predicted molar refractivity (Wildman–Crippen MR) is 104 cm³/mol. The Balaban J connectivity index is 1.40. The minimum Gasteiger partial charge on any atom is -0.376 e. The number of hydrogen-bond acceptors (Lipinski definition) is 7. The van der Waals surface area contributed by atoms with E-state index >= 15 is 0 Å². The van der Waals surface area contributed by atoms with E-state index in [2.05, 4.69) is 47.9 Å². The molecule has 3 N–H and O–H groups in total. The molecule has 8 nitrogen and oxygen atoms in total. The topological polar surface area (TPSA) is 101 Å². The maximum atomic E-state index is 5.68. The molecule has 136 valence electrons. The first-order valence-corrected chi connectivity index (χ1v) is 9.03. The van der Waals surface area contributed by atoms with Crippen LogP contribution in [0.5, 0.6) is 0 Å². The molecule has 1 aliphatic rings. The number of aromatic amines is 1. The van der Waals surface area contributed by atoms with E-state index in [1.165, 1.54) is 0 Å². The van der Waals surface area contributed by atoms with E-state index in [1.54, 1.807) is 12.4 Å². The zero-order valence-electron chi connectivity index (χ0n) is 14.6. The summed E-state index contributed by atoms with van der Waals surface area (Å²) in [7, 11) is 0. The van der Waals surface area contributed by atoms with Gasteiger partial charge in [0, 0.05) is 42.8 Å². The third-order valence-electron chi connectivity index (χ3n) is 4.74. The fourth-order valence-corrected chi connectivity index (χ4v) is 3.39. The summed E-state index contributed by atoms with van der Waals surface area (Å²) in [6.07, 6.45) is 7.62. The van der Waals surface area contributed by atoms with Crippen molar-refractivity contribution >= 4 is 39.3 Å². The Morgan fingerprint density at radius 3 is 3.00 bits per heavy atom. The number of hydrogen-bond donors (Lipinski definition) is 3. The minimum atomic E-state index is 0.276. The molecule has 4 heterocycles. The zero-order valence-corrected chi connectivity index (χ0v) is 14.6. The lowest BCUT2D eigenvalue weighted by Gasteiger charge is -2.13. The van der Waals surface area contributed by atoms with Crippen LogP contribution in [0, 0.1) is 0 Å². The number of benzene rings is 1. The van der Waals surface area contributed by atoms with Crippen molar-refractivity contribution in [2.24, 2.45) is 0 Å². The van der Waals surface area contributed by atoms with Gasteiger partial charge in [-0.2, -0.15) is 5.10 Å². The molecule has 0 amide bonds. The predicted octanol–water partition coefficient (Wildman–Crippen LogP) is 3.24. The monoisotopic (exact) mass is 361 g/mol. The summed E-state index contributed by atoms with van der Waals surface area (Å²) in [4.78, 5) is 13.0. The molecule has 1 aliphatic heterocycles. The van der Waals surface area contributed by atoms with E-state index in [4.69, 9.17) is 4.74 Å². The summed E-state index contributed by atoms with van der Waals surface area (Å²) >= 11 is 0. The summed E-state index contributed by atoms with van der Waals surface area (Å²) < 4.78 is 5.68. The van der Waals surface area contributed by atoms with Crippen molar-refractivity contribution in [1.29, 1.82) is 0 Å². The Morgan fingerprint density at radius 2 is 2.07 bits per heavy atom. The van der Waals surface area contributed by atoms with Crippen LogP contribution in [-0.4, -0.2) is 44.4 Å². The Morgan fingerprint density at radius 1 is 1.11 bits per heavy atom. The van der Waals surface area contributed by atoms with Crippen LogP contribution in [-0.2, 0) is 4.74 Å². The first kappa shape index (κ1) is 16.0. The number of ether oxygens (including phenoxy) is 1. The van der Waals surface area contributed by atoms with Gasteiger partial charge in [-0.1, -0.05) is 0 Å². The zero-order chi connectivity index (χ0) is 18.1. The van der Waals surface area contributed by atoms with Gasteiger partial charge in [-0.15, -0.1) is 0 Å². The third-order valence-corrected chi connectivity index (χ3v) is 4.74. The van der Waals surface area contributed by atoms with Gasteiger partial charge >= 0.3 is 0 Å². The molecule has 0 radical (unpaired) electrons. The first-order chi connectivity index (χ1) is 13.4. The Kier molecular flexibility index (Phi) is 4.02. The second-order valence-corrected chi connectivity index (χ2v) is 6.56. The highest BCUT2D eigenvalue weighted by atomic mass is 16.5. The fraction of sp³-hybridized carbons (Fsp3) is 0.263. The molecule has 0 aliphatic carbocycles. The average Bonchev–Trinajstić information content (AvgIpc) is 3.36. The number of aromatic nitrogens is 5. The van der Waals surface area contributed by atoms with Gasteiger partial charge in [0.25, 0.3) is 0 Å². The van der Waals surface area contributed by atoms with E-state index in [-0.39, 0.29) is 6.10 Å². The molecule has 0 bridgehead atoms. The highest BCUT2D eigenvalue weighted by Crippen LogP contribution is 2.27. The van der Waals surface area contributed by atoms with Crippen LogP contribution in [0.4, 0.5) is 17.3 Å². The largest absolute Gasteiger partial charge is 0.376 e. The maximum absolute atomic E-state index is 5.68. The molecule has 4 aromatic rings. The fourth-order valence-electron chi connectivity index (χ4n) is 3.39. The second-order valence-electron chi connectivity index (χ2n) is 6.56. The summed E-state index contributed by atoms with van der Waals surface area (Å²) in [5.74, 6) is 1.61. The van der Waals surface area contributed by atoms with Gasteiger partial charge < -0.3 is 15.4 Å². The molecule has 1 saturated heterocycles. The van der Waals surface area contributed by atoms with E-state index in [9.17, 15) is 0 Å². The highest BCUT2D eigenvalue weighted by molar-refractivity contribution is 5.95. The number of fused-ring (bicyclic) bond motifs is 2. The van der Waals surface area contributed by atoms with Crippen LogP contribution in [0.2, 0.25) is 0 Å². The van der Waals surface area contributed by atoms with Crippen molar-refractivity contribution in [2.45, 2.75) is 18.9 Å². The Bertz CT molecular complexity index is 1090. The molecule has 27 heavy (non-hydrogen) atoms. The van der Waals surface area contributed by atoms with Crippen molar-refractivity contribution in [2.75, 3.05) is 23.8 Å². The van der Waals surface area contributed by atoms with Crippen LogP contribution < -0.4 is 10.6 Å². The maximum Gasteiger partial charge on any atom is 0.201 e. The summed E-state index contributed by atoms with van der Waals surface area (Å²) in [6.45, 7) is 1.64. The third kappa shape index (κ3) is 3.15. The van der Waals surface area contributed by atoms with E-state index in [1.807, 2.05) is 18.3 Å². The van der Waals surface area contributed by atoms with Crippen molar-refractivity contribution in [3.05, 3.63) is 42.9 Å². The lowest BCUT2D eigenvalue weighted by Crippen LogP contribution is -2.19. The van der Waals surface area contributed by atoms with E-state index < -0.39 is 0 Å². The lowest BCUT2D eigenvalue weighted by molar-refractivity contribution is 0.120. The van der Waals surface area contributed by atoms with Gasteiger partial charge in [-0.05, 0) is 42.5 Å². The van der Waals surface area contributed by atoms with Gasteiger partial charge in [0.1, 0.15) is 5.82 Å². The molecular formula is C19H19N7O. The molecule has 1 fully saturated rings. The van der Waals surface area contributed by atoms with Crippen molar-refractivity contribution in [3.8, 4) is 0 Å². The standard InChI is InChI=1S/C19H19N7O/c1-2-14(27-9-1)11-23-17-15-4-3-13(10-12(15)5-6-21-17)24-19-16-18(25-26-19)22-8-7-20-16/h3-8,10,14H,1-2,9,11H2,(H,21,23)(H2,22,24,25,26)/t14-/m0/s1. The second kappa shape index (κ2) is 6.81. The Hall–Kier alpha value is -3.26. The van der Waals surface area contributed by atoms with Crippen molar-refractivity contribution < 1.29 is 4.74 Å². The molecular weight excluding hydrogens is 342 g/mol. The quantitative estimate of drug-likeness (QED) is 0.502. The summed E-state index contributed by atoms with van der Waals surface area (Å²) in [6, 6.07) is 8.16. The number of nitrogens with one attached hydrogen (secondary N) is 3. The van der Waals surface area contributed by atoms with Crippen LogP contribution in [0.3, 0.4) is 0 Å². The number of rotatable bonds is 5. The minimum absolute atomic E-state index is 0.276. The smallest absolute Gasteiger partial charge is 0.201 e. The van der Waals surface area contributed by atoms with Crippen molar-refractivity contribution in [3.63, 3.8) is 0 Å². The lowest BCUT2D eigenvalue weighted by atomic mass is 10.1. The van der Waals surface area contributed by atoms with E-state index in [0.29, 0.717) is 11.2 Å². The molecule has 1 aromatic carbocycles. The van der Waals surface area contributed by atoms with Gasteiger partial charge in [-0.25, -0.2) is 15.0 Å². The number of anilines is 3. The average molecular weight is 361 g/mol. The van der Waals surface area contributed by atoms with Crippen LogP contribution in [0.1, 0.15) is 12.8 Å².